The van der Waals surface area contributed by atoms with E-state index in [-0.39, 0.29) is 5.60 Å². The van der Waals surface area contributed by atoms with Crippen LogP contribution in [0.15, 0.2) is 12.1 Å². The Morgan fingerprint density at radius 2 is 1.62 bits per heavy atom. The van der Waals surface area contributed by atoms with E-state index < -0.39 is 0 Å². The van der Waals surface area contributed by atoms with Gasteiger partial charge in [0.05, 0.1) is 26.4 Å². The maximum absolute atomic E-state index is 5.87. The van der Waals surface area contributed by atoms with Crippen molar-refractivity contribution in [1.29, 1.82) is 0 Å². The fourth-order valence-corrected chi connectivity index (χ4v) is 1.88. The molecule has 1 rings (SSSR count). The van der Waals surface area contributed by atoms with Crippen LogP contribution < -0.4 is 19.5 Å². The van der Waals surface area contributed by atoms with E-state index >= 15 is 0 Å². The molecular formula is C16H27NO4. The first-order chi connectivity index (χ1) is 9.97. The lowest BCUT2D eigenvalue weighted by molar-refractivity contribution is 0.00503. The van der Waals surface area contributed by atoms with Crippen LogP contribution in [-0.4, -0.2) is 40.6 Å². The number of rotatable bonds is 9. The fraction of sp³-hybridized carbons (Fsp3) is 0.625. The van der Waals surface area contributed by atoms with Crippen molar-refractivity contribution in [2.24, 2.45) is 0 Å². The van der Waals surface area contributed by atoms with Crippen LogP contribution in [0.3, 0.4) is 0 Å². The number of hydrogen-bond acceptors (Lipinski definition) is 5. The molecule has 5 heteroatoms. The average molecular weight is 297 g/mol. The number of ether oxygens (including phenoxy) is 4. The predicted molar refractivity (Wildman–Crippen MR) is 83.5 cm³/mol. The number of nitrogens with one attached hydrogen (secondary N) is 1. The summed E-state index contributed by atoms with van der Waals surface area (Å²) in [6.45, 7) is 5.32. The van der Waals surface area contributed by atoms with Crippen LogP contribution >= 0.6 is 0 Å². The third-order valence-electron chi connectivity index (χ3n) is 3.40. The van der Waals surface area contributed by atoms with Crippen molar-refractivity contribution in [2.45, 2.75) is 32.4 Å². The van der Waals surface area contributed by atoms with Crippen molar-refractivity contribution in [2.75, 3.05) is 35.0 Å². The zero-order valence-electron chi connectivity index (χ0n) is 13.9. The van der Waals surface area contributed by atoms with Crippen molar-refractivity contribution >= 4 is 0 Å². The van der Waals surface area contributed by atoms with Crippen LogP contribution in [0, 0.1) is 0 Å². The molecule has 0 heterocycles. The van der Waals surface area contributed by atoms with E-state index in [0.717, 1.165) is 18.5 Å². The molecule has 21 heavy (non-hydrogen) atoms. The summed E-state index contributed by atoms with van der Waals surface area (Å²) in [5.74, 6) is 1.98. The Morgan fingerprint density at radius 3 is 2.05 bits per heavy atom. The van der Waals surface area contributed by atoms with Crippen LogP contribution in [0.2, 0.25) is 0 Å². The Labute approximate surface area is 127 Å². The number of hydrogen-bond donors (Lipinski definition) is 1. The lowest BCUT2D eigenvalue weighted by Gasteiger charge is -2.23. The van der Waals surface area contributed by atoms with Gasteiger partial charge >= 0.3 is 0 Å². The molecule has 0 aliphatic carbocycles. The van der Waals surface area contributed by atoms with Gasteiger partial charge in [-0.3, -0.25) is 0 Å². The minimum Gasteiger partial charge on any atom is -0.493 e. The molecule has 0 atom stereocenters. The van der Waals surface area contributed by atoms with Crippen molar-refractivity contribution in [1.82, 2.24) is 5.32 Å². The highest BCUT2D eigenvalue weighted by molar-refractivity contribution is 5.53. The third-order valence-corrected chi connectivity index (χ3v) is 3.40. The first-order valence-corrected chi connectivity index (χ1v) is 7.05. The quantitative estimate of drug-likeness (QED) is 0.759. The van der Waals surface area contributed by atoms with E-state index in [0.29, 0.717) is 23.9 Å². The van der Waals surface area contributed by atoms with E-state index in [1.165, 1.54) is 0 Å². The normalized spacial score (nSPS) is 11.3. The van der Waals surface area contributed by atoms with E-state index in [2.05, 4.69) is 5.32 Å². The molecule has 0 unspecified atom stereocenters. The molecular weight excluding hydrogens is 270 g/mol. The molecule has 0 fully saturated rings. The molecule has 0 bridgehead atoms. The van der Waals surface area contributed by atoms with Crippen LogP contribution in [0.25, 0.3) is 0 Å². The molecule has 0 spiro atoms. The molecule has 0 aliphatic heterocycles. The highest BCUT2D eigenvalue weighted by Crippen LogP contribution is 2.38. The lowest BCUT2D eigenvalue weighted by atomic mass is 10.1. The number of benzene rings is 1. The van der Waals surface area contributed by atoms with Gasteiger partial charge in [-0.2, -0.15) is 0 Å². The first kappa shape index (κ1) is 17.6. The van der Waals surface area contributed by atoms with Crippen molar-refractivity contribution in [3.8, 4) is 17.2 Å². The van der Waals surface area contributed by atoms with Crippen molar-refractivity contribution in [3.63, 3.8) is 0 Å². The van der Waals surface area contributed by atoms with E-state index in [1.807, 2.05) is 33.0 Å². The number of methoxy groups -OCH3 is 3. The summed E-state index contributed by atoms with van der Waals surface area (Å²) in [5.41, 5.74) is 0.864. The van der Waals surface area contributed by atoms with Crippen LogP contribution in [-0.2, 0) is 11.3 Å². The zero-order chi connectivity index (χ0) is 15.9. The first-order valence-electron chi connectivity index (χ1n) is 7.05. The monoisotopic (exact) mass is 297 g/mol. The predicted octanol–water partition coefficient (Wildman–Crippen LogP) is 2.62. The minimum atomic E-state index is -0.216. The minimum absolute atomic E-state index is 0.216. The second-order valence-electron chi connectivity index (χ2n) is 5.42. The average Bonchev–Trinajstić information content (AvgIpc) is 2.48. The van der Waals surface area contributed by atoms with Crippen LogP contribution in [0.4, 0.5) is 0 Å². The third kappa shape index (κ3) is 5.10. The molecule has 1 N–H and O–H groups in total. The van der Waals surface area contributed by atoms with Gasteiger partial charge in [0.15, 0.2) is 11.5 Å². The largest absolute Gasteiger partial charge is 0.493 e. The van der Waals surface area contributed by atoms with Gasteiger partial charge in [-0.05, 0) is 38.6 Å². The maximum Gasteiger partial charge on any atom is 0.203 e. The van der Waals surface area contributed by atoms with Crippen LogP contribution in [0.1, 0.15) is 25.8 Å². The second-order valence-corrected chi connectivity index (χ2v) is 5.42. The van der Waals surface area contributed by atoms with Crippen molar-refractivity contribution in [3.05, 3.63) is 17.7 Å². The SMILES string of the molecule is CNCc1cc(OC)c(OCCC(C)(C)OC)c(OC)c1. The second kappa shape index (κ2) is 8.10. The Bertz CT molecular complexity index is 421. The molecule has 5 nitrogen and oxygen atoms in total. The van der Waals surface area contributed by atoms with Gasteiger partial charge in [-0.1, -0.05) is 0 Å². The van der Waals surface area contributed by atoms with E-state index in [4.69, 9.17) is 18.9 Å². The van der Waals surface area contributed by atoms with E-state index in [1.54, 1.807) is 21.3 Å². The summed E-state index contributed by atoms with van der Waals surface area (Å²) in [7, 11) is 6.86. The maximum atomic E-state index is 5.87. The van der Waals surface area contributed by atoms with Gasteiger partial charge in [-0.25, -0.2) is 0 Å². The van der Waals surface area contributed by atoms with Gasteiger partial charge in [-0.15, -0.1) is 0 Å². The molecule has 0 amide bonds. The molecule has 0 aliphatic rings. The molecule has 1 aromatic rings. The van der Waals surface area contributed by atoms with Crippen LogP contribution in [0.5, 0.6) is 17.2 Å². The van der Waals surface area contributed by atoms with Crippen molar-refractivity contribution < 1.29 is 18.9 Å². The summed E-state index contributed by atoms with van der Waals surface area (Å²) >= 11 is 0. The topological polar surface area (TPSA) is 49.0 Å². The smallest absolute Gasteiger partial charge is 0.203 e. The van der Waals surface area contributed by atoms with Gasteiger partial charge in [0, 0.05) is 20.1 Å². The summed E-state index contributed by atoms with van der Waals surface area (Å²) in [6.07, 6.45) is 0.772. The van der Waals surface area contributed by atoms with Gasteiger partial charge < -0.3 is 24.3 Å². The summed E-state index contributed by atoms with van der Waals surface area (Å²) in [4.78, 5) is 0. The molecule has 120 valence electrons. The van der Waals surface area contributed by atoms with E-state index in [9.17, 15) is 0 Å². The molecule has 0 radical (unpaired) electrons. The zero-order valence-corrected chi connectivity index (χ0v) is 13.9. The standard InChI is InChI=1S/C16H27NO4/c1-16(2,20-6)7-8-21-15-13(18-4)9-12(11-17-3)10-14(15)19-5/h9-10,17H,7-8,11H2,1-6H3. The Hall–Kier alpha value is -1.46. The van der Waals surface area contributed by atoms with Gasteiger partial charge in [0.25, 0.3) is 0 Å². The Balaban J connectivity index is 2.89. The molecule has 0 aromatic heterocycles. The van der Waals surface area contributed by atoms with Gasteiger partial charge in [0.2, 0.25) is 5.75 Å². The Morgan fingerprint density at radius 1 is 1.05 bits per heavy atom. The van der Waals surface area contributed by atoms with Gasteiger partial charge in [0.1, 0.15) is 0 Å². The highest BCUT2D eigenvalue weighted by atomic mass is 16.5. The summed E-state index contributed by atoms with van der Waals surface area (Å²) < 4.78 is 22.1. The highest BCUT2D eigenvalue weighted by Gasteiger charge is 2.19. The Kier molecular flexibility index (Phi) is 6.78. The molecule has 0 saturated carbocycles. The molecule has 0 saturated heterocycles. The fourth-order valence-electron chi connectivity index (χ4n) is 1.88. The lowest BCUT2D eigenvalue weighted by Crippen LogP contribution is -2.25. The molecule has 1 aromatic carbocycles. The summed E-state index contributed by atoms with van der Waals surface area (Å²) in [6, 6.07) is 3.91. The summed E-state index contributed by atoms with van der Waals surface area (Å²) in [5, 5.41) is 3.11.